The first-order chi connectivity index (χ1) is 15.1. The van der Waals surface area contributed by atoms with E-state index in [1.807, 2.05) is 18.4 Å². The minimum Gasteiger partial charge on any atom is -0.309 e. The summed E-state index contributed by atoms with van der Waals surface area (Å²) >= 11 is 4.46. The Kier molecular flexibility index (Phi) is 6.89. The molecule has 12 heteroatoms. The second-order valence-corrected chi connectivity index (χ2v) is 9.18. The van der Waals surface area contributed by atoms with Crippen LogP contribution in [0.2, 0.25) is 0 Å². The number of benzene rings is 1. The number of aromatic nitrogens is 7. The lowest BCUT2D eigenvalue weighted by atomic mass is 10.3. The molecule has 4 aromatic rings. The van der Waals surface area contributed by atoms with Crippen molar-refractivity contribution in [3.8, 4) is 0 Å². The van der Waals surface area contributed by atoms with Crippen LogP contribution in [0.15, 0.2) is 74.1 Å². The van der Waals surface area contributed by atoms with E-state index in [9.17, 15) is 4.79 Å². The SMILES string of the molecule is CSc1ccc(Sc2ncc(Sc3ncn[nH]3)nc2CC(=O)Nc2ccn(C)n2)cc1. The predicted octanol–water partition coefficient (Wildman–Crippen LogP) is 3.53. The van der Waals surface area contributed by atoms with Gasteiger partial charge in [0.1, 0.15) is 16.4 Å². The normalized spacial score (nSPS) is 10.9. The Morgan fingerprint density at radius 2 is 1.94 bits per heavy atom. The lowest BCUT2D eigenvalue weighted by Crippen LogP contribution is -2.17. The highest BCUT2D eigenvalue weighted by molar-refractivity contribution is 7.99. The Labute approximate surface area is 191 Å². The van der Waals surface area contributed by atoms with Crippen LogP contribution in [0.4, 0.5) is 5.82 Å². The minimum absolute atomic E-state index is 0.0691. The van der Waals surface area contributed by atoms with Crippen LogP contribution in [0.1, 0.15) is 5.69 Å². The minimum atomic E-state index is -0.214. The van der Waals surface area contributed by atoms with Crippen molar-refractivity contribution in [3.05, 3.63) is 54.7 Å². The fraction of sp³-hybridized carbons (Fsp3) is 0.158. The smallest absolute Gasteiger partial charge is 0.231 e. The number of nitrogens with one attached hydrogen (secondary N) is 2. The molecule has 2 N–H and O–H groups in total. The number of hydrogen-bond donors (Lipinski definition) is 2. The molecule has 0 aliphatic carbocycles. The van der Waals surface area contributed by atoms with Crippen molar-refractivity contribution in [3.63, 3.8) is 0 Å². The van der Waals surface area contributed by atoms with Gasteiger partial charge in [0.2, 0.25) is 5.91 Å². The van der Waals surface area contributed by atoms with E-state index in [0.717, 1.165) is 4.90 Å². The molecule has 0 unspecified atom stereocenters. The number of rotatable bonds is 8. The van der Waals surface area contributed by atoms with Crippen LogP contribution in [-0.4, -0.2) is 47.1 Å². The third kappa shape index (κ3) is 5.87. The van der Waals surface area contributed by atoms with Gasteiger partial charge in [-0.3, -0.25) is 14.6 Å². The molecule has 0 atom stereocenters. The second kappa shape index (κ2) is 9.98. The van der Waals surface area contributed by atoms with Gasteiger partial charge >= 0.3 is 0 Å². The van der Waals surface area contributed by atoms with Crippen LogP contribution in [0.5, 0.6) is 0 Å². The Morgan fingerprint density at radius 3 is 2.61 bits per heavy atom. The summed E-state index contributed by atoms with van der Waals surface area (Å²) in [6.45, 7) is 0. The van der Waals surface area contributed by atoms with Gasteiger partial charge in [-0.25, -0.2) is 15.0 Å². The summed E-state index contributed by atoms with van der Waals surface area (Å²) in [5.74, 6) is 0.281. The van der Waals surface area contributed by atoms with Crippen molar-refractivity contribution < 1.29 is 4.79 Å². The number of hydrogen-bond acceptors (Lipinski definition) is 9. The zero-order chi connectivity index (χ0) is 21.6. The molecule has 4 rings (SSSR count). The molecule has 0 aliphatic rings. The number of anilines is 1. The summed E-state index contributed by atoms with van der Waals surface area (Å²) in [5.41, 5.74) is 0.580. The van der Waals surface area contributed by atoms with Crippen molar-refractivity contribution in [2.75, 3.05) is 11.6 Å². The predicted molar refractivity (Wildman–Crippen MR) is 120 cm³/mol. The summed E-state index contributed by atoms with van der Waals surface area (Å²) < 4.78 is 1.63. The average Bonchev–Trinajstić information content (AvgIpc) is 3.42. The van der Waals surface area contributed by atoms with Gasteiger partial charge in [-0.15, -0.1) is 11.8 Å². The van der Waals surface area contributed by atoms with Gasteiger partial charge < -0.3 is 5.32 Å². The van der Waals surface area contributed by atoms with Crippen molar-refractivity contribution in [2.45, 2.75) is 31.4 Å². The van der Waals surface area contributed by atoms with Crippen LogP contribution >= 0.6 is 35.3 Å². The second-order valence-electron chi connectivity index (χ2n) is 6.23. The first-order valence-corrected chi connectivity index (χ1v) is 12.0. The number of H-pyrrole nitrogens is 1. The Hall–Kier alpha value is -2.83. The maximum atomic E-state index is 12.6. The number of aryl methyl sites for hydroxylation is 1. The standard InChI is InChI=1S/C19H18N8OS3/c1-27-8-7-15(26-27)24-16(28)9-14-18(30-13-5-3-12(29-2)4-6-13)20-10-17(23-14)31-19-21-11-22-25-19/h3-8,10-11H,9H2,1-2H3,(H,21,22,25)(H,24,26,28). The molecule has 0 spiro atoms. The van der Waals surface area contributed by atoms with Crippen molar-refractivity contribution in [2.24, 2.45) is 7.05 Å². The van der Waals surface area contributed by atoms with E-state index >= 15 is 0 Å². The van der Waals surface area contributed by atoms with E-state index < -0.39 is 0 Å². The summed E-state index contributed by atoms with van der Waals surface area (Å²) in [4.78, 5) is 28.2. The molecule has 1 amide bonds. The summed E-state index contributed by atoms with van der Waals surface area (Å²) in [6, 6.07) is 9.92. The fourth-order valence-electron chi connectivity index (χ4n) is 2.57. The first-order valence-electron chi connectivity index (χ1n) is 9.09. The molecule has 31 heavy (non-hydrogen) atoms. The average molecular weight is 471 g/mol. The van der Waals surface area contributed by atoms with E-state index in [1.54, 1.807) is 42.0 Å². The monoisotopic (exact) mass is 470 g/mol. The van der Waals surface area contributed by atoms with Crippen LogP contribution < -0.4 is 5.32 Å². The zero-order valence-electron chi connectivity index (χ0n) is 16.6. The number of amides is 1. The fourth-order valence-corrected chi connectivity index (χ4v) is 4.47. The summed E-state index contributed by atoms with van der Waals surface area (Å²) in [7, 11) is 1.79. The molecule has 0 aliphatic heterocycles. The third-order valence-electron chi connectivity index (χ3n) is 3.96. The Bertz CT molecular complexity index is 1160. The van der Waals surface area contributed by atoms with E-state index in [4.69, 9.17) is 0 Å². The molecular weight excluding hydrogens is 452 g/mol. The van der Waals surface area contributed by atoms with Gasteiger partial charge in [-0.2, -0.15) is 10.2 Å². The Morgan fingerprint density at radius 1 is 1.13 bits per heavy atom. The van der Waals surface area contributed by atoms with Crippen LogP contribution in [-0.2, 0) is 18.3 Å². The zero-order valence-corrected chi connectivity index (χ0v) is 19.1. The molecule has 3 heterocycles. The highest BCUT2D eigenvalue weighted by Gasteiger charge is 2.16. The van der Waals surface area contributed by atoms with Gasteiger partial charge in [0.05, 0.1) is 18.3 Å². The van der Waals surface area contributed by atoms with Gasteiger partial charge in [0, 0.05) is 29.1 Å². The van der Waals surface area contributed by atoms with E-state index in [2.05, 4.69) is 47.7 Å². The lowest BCUT2D eigenvalue weighted by molar-refractivity contribution is -0.115. The van der Waals surface area contributed by atoms with Crippen LogP contribution in [0.25, 0.3) is 0 Å². The number of carbonyl (C=O) groups excluding carboxylic acids is 1. The van der Waals surface area contributed by atoms with Crippen molar-refractivity contribution in [1.29, 1.82) is 0 Å². The Balaban J connectivity index is 1.56. The van der Waals surface area contributed by atoms with Crippen molar-refractivity contribution in [1.82, 2.24) is 34.9 Å². The van der Waals surface area contributed by atoms with Crippen LogP contribution in [0.3, 0.4) is 0 Å². The molecule has 0 fully saturated rings. The number of nitrogens with zero attached hydrogens (tertiary/aromatic N) is 6. The molecule has 0 bridgehead atoms. The number of thioether (sulfide) groups is 1. The molecule has 0 radical (unpaired) electrons. The van der Waals surface area contributed by atoms with Gasteiger partial charge in [0.25, 0.3) is 0 Å². The molecule has 9 nitrogen and oxygen atoms in total. The molecule has 158 valence electrons. The van der Waals surface area contributed by atoms with Gasteiger partial charge in [0.15, 0.2) is 11.0 Å². The third-order valence-corrected chi connectivity index (χ3v) is 6.54. The molecule has 0 saturated carbocycles. The van der Waals surface area contributed by atoms with Crippen LogP contribution in [0, 0.1) is 0 Å². The number of carbonyl (C=O) groups is 1. The summed E-state index contributed by atoms with van der Waals surface area (Å²) in [6.07, 6.45) is 6.98. The van der Waals surface area contributed by atoms with Crippen molar-refractivity contribution >= 4 is 47.0 Å². The molecular formula is C19H18N8OS3. The maximum absolute atomic E-state index is 12.6. The molecule has 0 saturated heterocycles. The highest BCUT2D eigenvalue weighted by Crippen LogP contribution is 2.31. The first kappa shape index (κ1) is 21.4. The van der Waals surface area contributed by atoms with E-state index in [0.29, 0.717) is 26.7 Å². The topological polar surface area (TPSA) is 114 Å². The van der Waals surface area contributed by atoms with Gasteiger partial charge in [-0.05, 0) is 42.3 Å². The summed E-state index contributed by atoms with van der Waals surface area (Å²) in [5, 5.41) is 15.5. The van der Waals surface area contributed by atoms with E-state index in [1.165, 1.54) is 34.7 Å². The molecule has 3 aromatic heterocycles. The van der Waals surface area contributed by atoms with E-state index in [-0.39, 0.29) is 12.3 Å². The maximum Gasteiger partial charge on any atom is 0.231 e. The van der Waals surface area contributed by atoms with Gasteiger partial charge in [-0.1, -0.05) is 11.8 Å². The highest BCUT2D eigenvalue weighted by atomic mass is 32.2. The lowest BCUT2D eigenvalue weighted by Gasteiger charge is -2.09. The quantitative estimate of drug-likeness (QED) is 0.373. The largest absolute Gasteiger partial charge is 0.309 e. The number of aromatic amines is 1. The molecule has 1 aromatic carbocycles.